The van der Waals surface area contributed by atoms with E-state index in [-0.39, 0.29) is 13.2 Å². The summed E-state index contributed by atoms with van der Waals surface area (Å²) in [6.45, 7) is -0.576. The Morgan fingerprint density at radius 2 is 1.57 bits per heavy atom. The molecule has 1 saturated heterocycles. The Balaban J connectivity index is 2.28. The summed E-state index contributed by atoms with van der Waals surface area (Å²) < 4.78 is 0. The molecule has 0 amide bonds. The normalized spacial score (nSPS) is 24.9. The van der Waals surface area contributed by atoms with Crippen molar-refractivity contribution < 1.29 is 20.0 Å². The lowest BCUT2D eigenvalue weighted by Gasteiger charge is -1.92. The molecule has 2 N–H and O–H groups in total. The Kier molecular flexibility index (Phi) is 1.01. The molecule has 0 saturated carbocycles. The van der Waals surface area contributed by atoms with Crippen LogP contribution in [0.25, 0.3) is 0 Å². The van der Waals surface area contributed by atoms with Crippen molar-refractivity contribution in [2.45, 2.75) is 5.79 Å². The molecule has 7 heavy (non-hydrogen) atoms. The molecule has 1 rings (SSSR count). The summed E-state index contributed by atoms with van der Waals surface area (Å²) in [5.74, 6) is -1.06. The first kappa shape index (κ1) is 4.99. The van der Waals surface area contributed by atoms with Crippen LogP contribution in [0.4, 0.5) is 0 Å². The zero-order chi connectivity index (χ0) is 5.33. The highest BCUT2D eigenvalue weighted by molar-refractivity contribution is 4.69. The molecule has 0 radical (unpaired) electrons. The van der Waals surface area contributed by atoms with Crippen LogP contribution < -0.4 is 0 Å². The maximum atomic E-state index is 8.25. The molecule has 42 valence electrons. The van der Waals surface area contributed by atoms with Gasteiger partial charge in [0.05, 0.1) is 0 Å². The summed E-state index contributed by atoms with van der Waals surface area (Å²) in [6, 6.07) is 0. The molecule has 0 aromatic rings. The zero-order valence-electron chi connectivity index (χ0n) is 3.63. The fraction of sp³-hybridized carbons (Fsp3) is 1.00. The quantitative estimate of drug-likeness (QED) is 0.336. The topological polar surface area (TPSA) is 65.5 Å². The molecule has 1 aliphatic rings. The Morgan fingerprint density at radius 3 is 1.57 bits per heavy atom. The van der Waals surface area contributed by atoms with Gasteiger partial charge in [0.2, 0.25) is 0 Å². The van der Waals surface area contributed by atoms with E-state index in [0.717, 1.165) is 0 Å². The minimum atomic E-state index is -1.06. The van der Waals surface area contributed by atoms with Gasteiger partial charge in [-0.1, -0.05) is 0 Å². The van der Waals surface area contributed by atoms with Crippen molar-refractivity contribution >= 4 is 0 Å². The molecular formula is C3H6O4. The number of aliphatic hydroxyl groups excluding tert-OH is 2. The molecule has 0 aromatic carbocycles. The van der Waals surface area contributed by atoms with Gasteiger partial charge in [-0.2, -0.15) is 9.78 Å². The Hall–Kier alpha value is -0.160. The molecule has 0 atom stereocenters. The molecule has 0 unspecified atom stereocenters. The van der Waals surface area contributed by atoms with Crippen LogP contribution in [-0.4, -0.2) is 29.2 Å². The average Bonchev–Trinajstić information content (AvgIpc) is 2.46. The summed E-state index contributed by atoms with van der Waals surface area (Å²) in [4.78, 5) is 8.39. The number of aliphatic hydroxyl groups is 2. The predicted molar refractivity (Wildman–Crippen MR) is 19.1 cm³/mol. The second-order valence-corrected chi connectivity index (χ2v) is 1.39. The van der Waals surface area contributed by atoms with Crippen LogP contribution in [-0.2, 0) is 9.78 Å². The van der Waals surface area contributed by atoms with Gasteiger partial charge >= 0.3 is 0 Å². The first-order valence-corrected chi connectivity index (χ1v) is 1.91. The van der Waals surface area contributed by atoms with Crippen LogP contribution in [0.15, 0.2) is 0 Å². The van der Waals surface area contributed by atoms with E-state index in [1.807, 2.05) is 0 Å². The third kappa shape index (κ3) is 0.733. The highest BCUT2D eigenvalue weighted by Crippen LogP contribution is 2.26. The van der Waals surface area contributed by atoms with Gasteiger partial charge in [-0.05, 0) is 0 Å². The van der Waals surface area contributed by atoms with Crippen LogP contribution in [0.1, 0.15) is 0 Å². The second-order valence-electron chi connectivity index (χ2n) is 1.39. The highest BCUT2D eigenvalue weighted by Gasteiger charge is 2.47. The SMILES string of the molecule is OCC1(CO)OO1. The fourth-order valence-electron chi connectivity index (χ4n) is 0.214. The number of rotatable bonds is 2. The zero-order valence-corrected chi connectivity index (χ0v) is 3.63. The fourth-order valence-corrected chi connectivity index (χ4v) is 0.214. The first-order valence-electron chi connectivity index (χ1n) is 1.91. The summed E-state index contributed by atoms with van der Waals surface area (Å²) in [5.41, 5.74) is 0. The van der Waals surface area contributed by atoms with Crippen LogP contribution in [0.2, 0.25) is 0 Å². The lowest BCUT2D eigenvalue weighted by atomic mass is 10.4. The summed E-state index contributed by atoms with van der Waals surface area (Å²) in [6.07, 6.45) is 0. The number of hydrogen-bond donors (Lipinski definition) is 2. The maximum Gasteiger partial charge on any atom is 0.279 e. The Morgan fingerprint density at radius 1 is 1.14 bits per heavy atom. The summed E-state index contributed by atoms with van der Waals surface area (Å²) in [7, 11) is 0. The molecule has 0 aliphatic carbocycles. The standard InChI is InChI=1S/C3H6O4/c4-1-3(2-5)6-7-3/h4-5H,1-2H2. The molecule has 1 aliphatic heterocycles. The predicted octanol–water partition coefficient (Wildman–Crippen LogP) is -1.37. The van der Waals surface area contributed by atoms with E-state index in [1.54, 1.807) is 0 Å². The van der Waals surface area contributed by atoms with Crippen molar-refractivity contribution in [3.8, 4) is 0 Å². The van der Waals surface area contributed by atoms with Gasteiger partial charge in [0, 0.05) is 0 Å². The van der Waals surface area contributed by atoms with Crippen molar-refractivity contribution in [2.75, 3.05) is 13.2 Å². The average molecular weight is 106 g/mol. The van der Waals surface area contributed by atoms with Gasteiger partial charge in [0.25, 0.3) is 5.79 Å². The van der Waals surface area contributed by atoms with E-state index >= 15 is 0 Å². The molecule has 1 fully saturated rings. The van der Waals surface area contributed by atoms with E-state index < -0.39 is 5.79 Å². The van der Waals surface area contributed by atoms with Gasteiger partial charge < -0.3 is 10.2 Å². The molecule has 0 spiro atoms. The van der Waals surface area contributed by atoms with E-state index in [9.17, 15) is 0 Å². The first-order chi connectivity index (χ1) is 3.33. The lowest BCUT2D eigenvalue weighted by molar-refractivity contribution is 0.0850. The summed E-state index contributed by atoms with van der Waals surface area (Å²) in [5, 5.41) is 16.5. The molecule has 0 aromatic heterocycles. The second kappa shape index (κ2) is 1.41. The molecule has 0 bridgehead atoms. The van der Waals surface area contributed by atoms with Crippen molar-refractivity contribution in [2.24, 2.45) is 0 Å². The van der Waals surface area contributed by atoms with E-state index in [2.05, 4.69) is 9.78 Å². The maximum absolute atomic E-state index is 8.25. The van der Waals surface area contributed by atoms with Gasteiger partial charge in [0.1, 0.15) is 13.2 Å². The minimum Gasteiger partial charge on any atom is -0.390 e. The Bertz CT molecular complexity index is 61.3. The van der Waals surface area contributed by atoms with Crippen molar-refractivity contribution in [1.29, 1.82) is 0 Å². The van der Waals surface area contributed by atoms with E-state index in [0.29, 0.717) is 0 Å². The smallest absolute Gasteiger partial charge is 0.279 e. The van der Waals surface area contributed by atoms with Crippen LogP contribution >= 0.6 is 0 Å². The van der Waals surface area contributed by atoms with Crippen LogP contribution in [0.5, 0.6) is 0 Å². The molecule has 4 heteroatoms. The molecule has 4 nitrogen and oxygen atoms in total. The molecular weight excluding hydrogens is 100 g/mol. The van der Waals surface area contributed by atoms with Gasteiger partial charge in [-0.15, -0.1) is 0 Å². The van der Waals surface area contributed by atoms with Crippen LogP contribution in [0.3, 0.4) is 0 Å². The largest absolute Gasteiger partial charge is 0.390 e. The Labute approximate surface area is 40.2 Å². The third-order valence-electron chi connectivity index (χ3n) is 0.801. The highest BCUT2D eigenvalue weighted by atomic mass is 17.4. The van der Waals surface area contributed by atoms with Gasteiger partial charge in [-0.25, -0.2) is 0 Å². The van der Waals surface area contributed by atoms with Crippen LogP contribution in [0, 0.1) is 0 Å². The number of hydrogen-bond acceptors (Lipinski definition) is 4. The van der Waals surface area contributed by atoms with Crippen molar-refractivity contribution in [3.63, 3.8) is 0 Å². The van der Waals surface area contributed by atoms with E-state index in [4.69, 9.17) is 10.2 Å². The third-order valence-corrected chi connectivity index (χ3v) is 0.801. The van der Waals surface area contributed by atoms with Crippen molar-refractivity contribution in [3.05, 3.63) is 0 Å². The lowest BCUT2D eigenvalue weighted by Crippen LogP contribution is -2.20. The molecule has 1 heterocycles. The van der Waals surface area contributed by atoms with Gasteiger partial charge in [0.15, 0.2) is 0 Å². The monoisotopic (exact) mass is 106 g/mol. The minimum absolute atomic E-state index is 0.288. The van der Waals surface area contributed by atoms with E-state index in [1.165, 1.54) is 0 Å². The van der Waals surface area contributed by atoms with Gasteiger partial charge in [-0.3, -0.25) is 0 Å². The van der Waals surface area contributed by atoms with Crippen molar-refractivity contribution in [1.82, 2.24) is 0 Å². The summed E-state index contributed by atoms with van der Waals surface area (Å²) >= 11 is 0.